The van der Waals surface area contributed by atoms with Crippen LogP contribution in [0, 0.1) is 12.7 Å². The number of benzene rings is 2. The number of aromatic hydroxyl groups is 1. The number of rotatable bonds is 3. The molecule has 1 amide bonds. The first-order valence-electron chi connectivity index (χ1n) is 6.47. The highest BCUT2D eigenvalue weighted by Crippen LogP contribution is 2.19. The van der Waals surface area contributed by atoms with Crippen LogP contribution in [0.2, 0.25) is 0 Å². The number of carbonyl (C=O) groups excluding carboxylic acids is 1. The number of halogens is 1. The lowest BCUT2D eigenvalue weighted by Gasteiger charge is -2.18. The molecule has 0 aliphatic heterocycles. The first-order valence-corrected chi connectivity index (χ1v) is 6.47. The van der Waals surface area contributed by atoms with Gasteiger partial charge >= 0.3 is 0 Å². The molecule has 0 aliphatic carbocycles. The molecule has 110 valence electrons. The third-order valence-electron chi connectivity index (χ3n) is 3.33. The summed E-state index contributed by atoms with van der Waals surface area (Å²) in [6.07, 6.45) is 0. The summed E-state index contributed by atoms with van der Waals surface area (Å²) in [6, 6.07) is 9.23. The summed E-state index contributed by atoms with van der Waals surface area (Å²) in [5.41, 5.74) is 7.38. The van der Waals surface area contributed by atoms with Gasteiger partial charge in [-0.1, -0.05) is 12.1 Å². The fourth-order valence-electron chi connectivity index (χ4n) is 1.99. The highest BCUT2D eigenvalue weighted by Gasteiger charge is 2.15. The molecule has 0 radical (unpaired) electrons. The third kappa shape index (κ3) is 3.31. The fraction of sp³-hybridized carbons (Fsp3) is 0.188. The topological polar surface area (TPSA) is 66.6 Å². The number of carbonyl (C=O) groups is 1. The van der Waals surface area contributed by atoms with E-state index in [0.29, 0.717) is 12.1 Å². The molecule has 0 saturated carbocycles. The van der Waals surface area contributed by atoms with Crippen LogP contribution in [0.25, 0.3) is 0 Å². The van der Waals surface area contributed by atoms with Gasteiger partial charge in [-0.15, -0.1) is 0 Å². The van der Waals surface area contributed by atoms with E-state index < -0.39 is 5.82 Å². The molecule has 2 aromatic carbocycles. The molecule has 0 unspecified atom stereocenters. The van der Waals surface area contributed by atoms with Crippen LogP contribution in [-0.4, -0.2) is 23.0 Å². The van der Waals surface area contributed by atoms with Gasteiger partial charge in [0.15, 0.2) is 0 Å². The van der Waals surface area contributed by atoms with Gasteiger partial charge in [-0.25, -0.2) is 4.39 Å². The first kappa shape index (κ1) is 14.8. The zero-order valence-corrected chi connectivity index (χ0v) is 11.9. The van der Waals surface area contributed by atoms with Crippen molar-refractivity contribution in [1.29, 1.82) is 0 Å². The monoisotopic (exact) mass is 288 g/mol. The Bertz CT molecular complexity index is 645. The van der Waals surface area contributed by atoms with Crippen LogP contribution in [-0.2, 0) is 6.54 Å². The number of anilines is 1. The zero-order valence-electron chi connectivity index (χ0n) is 11.9. The zero-order chi connectivity index (χ0) is 15.6. The molecule has 2 rings (SSSR count). The molecule has 0 aliphatic rings. The smallest absolute Gasteiger partial charge is 0.254 e. The highest BCUT2D eigenvalue weighted by atomic mass is 19.1. The molecule has 0 bridgehead atoms. The SMILES string of the molecule is Cc1c(N)cc(C(=O)N(C)Cc2ccc(O)cc2)cc1F. The molecule has 2 aromatic rings. The quantitative estimate of drug-likeness (QED) is 0.853. The summed E-state index contributed by atoms with van der Waals surface area (Å²) >= 11 is 0. The summed E-state index contributed by atoms with van der Waals surface area (Å²) in [5, 5.41) is 9.23. The van der Waals surface area contributed by atoms with Gasteiger partial charge in [-0.05, 0) is 36.8 Å². The lowest BCUT2D eigenvalue weighted by atomic mass is 10.1. The van der Waals surface area contributed by atoms with E-state index in [9.17, 15) is 14.3 Å². The Labute approximate surface area is 122 Å². The van der Waals surface area contributed by atoms with Gasteiger partial charge in [0, 0.05) is 30.4 Å². The average molecular weight is 288 g/mol. The fourth-order valence-corrected chi connectivity index (χ4v) is 1.99. The maximum atomic E-state index is 13.7. The van der Waals surface area contributed by atoms with Crippen molar-refractivity contribution >= 4 is 11.6 Å². The summed E-state index contributed by atoms with van der Waals surface area (Å²) in [5.74, 6) is -0.633. The second-order valence-electron chi connectivity index (χ2n) is 5.00. The molecule has 0 atom stereocenters. The van der Waals surface area contributed by atoms with E-state index in [1.165, 1.54) is 17.0 Å². The Morgan fingerprint density at radius 3 is 2.48 bits per heavy atom. The van der Waals surface area contributed by atoms with E-state index in [-0.39, 0.29) is 22.9 Å². The van der Waals surface area contributed by atoms with Crippen LogP contribution in [0.15, 0.2) is 36.4 Å². The minimum absolute atomic E-state index is 0.168. The lowest BCUT2D eigenvalue weighted by molar-refractivity contribution is 0.0784. The van der Waals surface area contributed by atoms with E-state index in [4.69, 9.17) is 5.73 Å². The molecule has 4 nitrogen and oxygen atoms in total. The van der Waals surface area contributed by atoms with E-state index >= 15 is 0 Å². The van der Waals surface area contributed by atoms with Crippen LogP contribution < -0.4 is 5.73 Å². The molecule has 21 heavy (non-hydrogen) atoms. The van der Waals surface area contributed by atoms with Crippen LogP contribution in [0.4, 0.5) is 10.1 Å². The van der Waals surface area contributed by atoms with Crippen molar-refractivity contribution in [2.24, 2.45) is 0 Å². The maximum absolute atomic E-state index is 13.7. The van der Waals surface area contributed by atoms with Crippen molar-refractivity contribution in [2.45, 2.75) is 13.5 Å². The van der Waals surface area contributed by atoms with Gasteiger partial charge in [-0.3, -0.25) is 4.79 Å². The minimum atomic E-state index is -0.489. The molecular weight excluding hydrogens is 271 g/mol. The number of phenols is 1. The third-order valence-corrected chi connectivity index (χ3v) is 3.33. The van der Waals surface area contributed by atoms with Gasteiger partial charge in [0.05, 0.1) is 0 Å². The molecule has 0 saturated heterocycles. The molecule has 0 fully saturated rings. The Morgan fingerprint density at radius 1 is 1.29 bits per heavy atom. The van der Waals surface area contributed by atoms with Gasteiger partial charge in [0.1, 0.15) is 11.6 Å². The summed E-state index contributed by atoms with van der Waals surface area (Å²) in [7, 11) is 1.63. The minimum Gasteiger partial charge on any atom is -0.508 e. The van der Waals surface area contributed by atoms with Crippen LogP contribution >= 0.6 is 0 Å². The van der Waals surface area contributed by atoms with Gasteiger partial charge in [0.2, 0.25) is 0 Å². The second-order valence-corrected chi connectivity index (χ2v) is 5.00. The van der Waals surface area contributed by atoms with E-state index in [1.807, 2.05) is 0 Å². The first-order chi connectivity index (χ1) is 9.88. The Kier molecular flexibility index (Phi) is 4.12. The predicted octanol–water partition coefficient (Wildman–Crippen LogP) is 2.69. The lowest BCUT2D eigenvalue weighted by Crippen LogP contribution is -2.26. The van der Waals surface area contributed by atoms with Crippen molar-refractivity contribution in [3.05, 3.63) is 58.9 Å². The summed E-state index contributed by atoms with van der Waals surface area (Å²) < 4.78 is 13.7. The largest absolute Gasteiger partial charge is 0.508 e. The van der Waals surface area contributed by atoms with Crippen molar-refractivity contribution in [3.8, 4) is 5.75 Å². The van der Waals surface area contributed by atoms with Crippen molar-refractivity contribution in [3.63, 3.8) is 0 Å². The number of phenolic OH excluding ortho intramolecular Hbond substituents is 1. The molecule has 0 heterocycles. The number of hydrogen-bond donors (Lipinski definition) is 2. The Morgan fingerprint density at radius 2 is 1.90 bits per heavy atom. The molecule has 0 aromatic heterocycles. The number of nitrogens with zero attached hydrogens (tertiary/aromatic N) is 1. The predicted molar refractivity (Wildman–Crippen MR) is 79.5 cm³/mol. The van der Waals surface area contributed by atoms with Crippen LogP contribution in [0.1, 0.15) is 21.5 Å². The summed E-state index contributed by atoms with van der Waals surface area (Å²) in [6.45, 7) is 1.92. The van der Waals surface area contributed by atoms with Gasteiger partial charge in [0.25, 0.3) is 5.91 Å². The van der Waals surface area contributed by atoms with E-state index in [1.54, 1.807) is 38.2 Å². The standard InChI is InChI=1S/C16H17FN2O2/c1-10-14(17)7-12(8-15(10)18)16(21)19(2)9-11-3-5-13(20)6-4-11/h3-8,20H,9,18H2,1-2H3. The maximum Gasteiger partial charge on any atom is 0.254 e. The summed E-state index contributed by atoms with van der Waals surface area (Å²) in [4.78, 5) is 13.8. The van der Waals surface area contributed by atoms with Gasteiger partial charge in [-0.2, -0.15) is 0 Å². The molecule has 3 N–H and O–H groups in total. The average Bonchev–Trinajstić information content (AvgIpc) is 2.45. The van der Waals surface area contributed by atoms with Crippen molar-refractivity contribution in [2.75, 3.05) is 12.8 Å². The number of nitrogen functional groups attached to an aromatic ring is 1. The van der Waals surface area contributed by atoms with Gasteiger partial charge < -0.3 is 15.7 Å². The highest BCUT2D eigenvalue weighted by molar-refractivity contribution is 5.95. The number of hydrogen-bond acceptors (Lipinski definition) is 3. The van der Waals surface area contributed by atoms with Crippen LogP contribution in [0.3, 0.4) is 0 Å². The van der Waals surface area contributed by atoms with Crippen molar-refractivity contribution < 1.29 is 14.3 Å². The van der Waals surface area contributed by atoms with Crippen molar-refractivity contribution in [1.82, 2.24) is 4.90 Å². The molecule has 5 heteroatoms. The van der Waals surface area contributed by atoms with E-state index in [0.717, 1.165) is 5.56 Å². The number of amides is 1. The molecular formula is C16H17FN2O2. The second kappa shape index (κ2) is 5.83. The normalized spacial score (nSPS) is 10.4. The Balaban J connectivity index is 2.17. The Hall–Kier alpha value is -2.56. The molecule has 0 spiro atoms. The van der Waals surface area contributed by atoms with E-state index in [2.05, 4.69) is 0 Å². The number of nitrogens with two attached hydrogens (primary N) is 1. The van der Waals surface area contributed by atoms with Crippen LogP contribution in [0.5, 0.6) is 5.75 Å².